The second kappa shape index (κ2) is 8.55. The van der Waals surface area contributed by atoms with E-state index in [2.05, 4.69) is 41.8 Å². The van der Waals surface area contributed by atoms with E-state index >= 15 is 0 Å². The maximum atomic E-state index is 12.1. The number of amides is 2. The van der Waals surface area contributed by atoms with Crippen LogP contribution in [0.2, 0.25) is 0 Å². The summed E-state index contributed by atoms with van der Waals surface area (Å²) in [6.45, 7) is 5.40. The molecule has 2 aromatic carbocycles. The van der Waals surface area contributed by atoms with E-state index in [4.69, 9.17) is 0 Å². The van der Waals surface area contributed by atoms with Crippen molar-refractivity contribution in [3.05, 3.63) is 59.2 Å². The van der Waals surface area contributed by atoms with Gasteiger partial charge in [0.05, 0.1) is 5.75 Å². The van der Waals surface area contributed by atoms with E-state index < -0.39 is 0 Å². The summed E-state index contributed by atoms with van der Waals surface area (Å²) >= 11 is 1.58. The van der Waals surface area contributed by atoms with Crippen LogP contribution in [0.15, 0.2) is 42.5 Å². The molecule has 5 heteroatoms. The lowest BCUT2D eigenvalue weighted by Gasteiger charge is -2.12. The zero-order chi connectivity index (χ0) is 17.5. The third-order valence-electron chi connectivity index (χ3n) is 3.54. The van der Waals surface area contributed by atoms with Crippen molar-refractivity contribution >= 4 is 35.0 Å². The van der Waals surface area contributed by atoms with Gasteiger partial charge in [-0.3, -0.25) is 9.59 Å². The van der Waals surface area contributed by atoms with Crippen molar-refractivity contribution in [1.29, 1.82) is 0 Å². The maximum absolute atomic E-state index is 12.1. The lowest BCUT2D eigenvalue weighted by atomic mass is 10.1. The van der Waals surface area contributed by atoms with Gasteiger partial charge in [-0.1, -0.05) is 35.9 Å². The number of thioether (sulfide) groups is 1. The topological polar surface area (TPSA) is 58.2 Å². The van der Waals surface area contributed by atoms with Crippen LogP contribution in [0, 0.1) is 13.8 Å². The first-order valence-corrected chi connectivity index (χ1v) is 8.91. The number of rotatable bonds is 6. The van der Waals surface area contributed by atoms with Gasteiger partial charge in [0, 0.05) is 24.1 Å². The third kappa shape index (κ3) is 5.42. The number of carbonyl (C=O) groups excluding carboxylic acids is 2. The lowest BCUT2D eigenvalue weighted by molar-refractivity contribution is -0.114. The smallest absolute Gasteiger partial charge is 0.234 e. The van der Waals surface area contributed by atoms with Crippen molar-refractivity contribution < 1.29 is 9.59 Å². The van der Waals surface area contributed by atoms with Crippen LogP contribution in [-0.4, -0.2) is 17.6 Å². The molecular formula is C19H22N2O2S. The molecule has 0 saturated heterocycles. The van der Waals surface area contributed by atoms with Crippen molar-refractivity contribution in [2.75, 3.05) is 16.4 Å². The van der Waals surface area contributed by atoms with Gasteiger partial charge in [-0.25, -0.2) is 0 Å². The molecule has 0 aliphatic carbocycles. The van der Waals surface area contributed by atoms with E-state index in [9.17, 15) is 9.59 Å². The van der Waals surface area contributed by atoms with Crippen molar-refractivity contribution in [1.82, 2.24) is 0 Å². The highest BCUT2D eigenvalue weighted by Gasteiger charge is 2.08. The number of hydrogen-bond acceptors (Lipinski definition) is 3. The van der Waals surface area contributed by atoms with E-state index in [0.29, 0.717) is 11.4 Å². The van der Waals surface area contributed by atoms with Crippen LogP contribution in [0.4, 0.5) is 11.4 Å². The first kappa shape index (κ1) is 18.1. The molecule has 0 aliphatic rings. The Morgan fingerprint density at radius 1 is 0.958 bits per heavy atom. The molecule has 0 radical (unpaired) electrons. The molecule has 0 aliphatic heterocycles. The van der Waals surface area contributed by atoms with Gasteiger partial charge in [0.25, 0.3) is 0 Å². The summed E-state index contributed by atoms with van der Waals surface area (Å²) in [6, 6.07) is 13.8. The predicted molar refractivity (Wildman–Crippen MR) is 101 cm³/mol. The number of hydrogen-bond donors (Lipinski definition) is 2. The Morgan fingerprint density at radius 2 is 1.58 bits per heavy atom. The number of anilines is 2. The summed E-state index contributed by atoms with van der Waals surface area (Å²) in [5.74, 6) is 1.02. The predicted octanol–water partition coefficient (Wildman–Crippen LogP) is 4.13. The van der Waals surface area contributed by atoms with Crippen LogP contribution in [0.3, 0.4) is 0 Å². The Balaban J connectivity index is 1.88. The van der Waals surface area contributed by atoms with E-state index in [1.807, 2.05) is 25.1 Å². The van der Waals surface area contributed by atoms with Crippen molar-refractivity contribution in [3.63, 3.8) is 0 Å². The van der Waals surface area contributed by atoms with Crippen LogP contribution in [-0.2, 0) is 15.3 Å². The summed E-state index contributed by atoms with van der Waals surface area (Å²) < 4.78 is 0. The first-order valence-electron chi connectivity index (χ1n) is 7.76. The molecule has 2 N–H and O–H groups in total. The number of aryl methyl sites for hydroxylation is 1. The number of nitrogens with one attached hydrogen (secondary N) is 2. The van der Waals surface area contributed by atoms with Crippen LogP contribution >= 0.6 is 11.8 Å². The van der Waals surface area contributed by atoms with Gasteiger partial charge in [-0.15, -0.1) is 11.8 Å². The Bertz CT molecular complexity index is 727. The minimum Gasteiger partial charge on any atom is -0.326 e. The maximum Gasteiger partial charge on any atom is 0.234 e. The Morgan fingerprint density at radius 3 is 2.21 bits per heavy atom. The summed E-state index contributed by atoms with van der Waals surface area (Å²) in [5, 5.41) is 5.67. The van der Waals surface area contributed by atoms with E-state index in [0.717, 1.165) is 17.0 Å². The molecule has 0 spiro atoms. The highest BCUT2D eigenvalue weighted by molar-refractivity contribution is 7.99. The molecule has 0 aromatic heterocycles. The normalized spacial score (nSPS) is 10.3. The average Bonchev–Trinajstić information content (AvgIpc) is 2.53. The van der Waals surface area contributed by atoms with Gasteiger partial charge < -0.3 is 10.6 Å². The molecule has 0 unspecified atom stereocenters. The molecular weight excluding hydrogens is 320 g/mol. The molecule has 0 bridgehead atoms. The van der Waals surface area contributed by atoms with Gasteiger partial charge in [-0.2, -0.15) is 0 Å². The molecule has 126 valence electrons. The quantitative estimate of drug-likeness (QED) is 0.830. The van der Waals surface area contributed by atoms with Gasteiger partial charge in [0.15, 0.2) is 0 Å². The van der Waals surface area contributed by atoms with Crippen LogP contribution in [0.1, 0.15) is 23.6 Å². The molecule has 0 saturated carbocycles. The fourth-order valence-corrected chi connectivity index (χ4v) is 3.02. The standard InChI is InChI=1S/C19H22N2O2S/c1-13-7-9-16(10-8-13)11-24-12-19(23)21-18-6-4-5-17(14(18)2)20-15(3)22/h4-10H,11-12H2,1-3H3,(H,20,22)(H,21,23). The Labute approximate surface area is 147 Å². The fraction of sp³-hybridized carbons (Fsp3) is 0.263. The summed E-state index contributed by atoms with van der Waals surface area (Å²) in [4.78, 5) is 23.3. The molecule has 2 aromatic rings. The number of carbonyl (C=O) groups is 2. The summed E-state index contributed by atoms with van der Waals surface area (Å²) in [7, 11) is 0. The molecule has 4 nitrogen and oxygen atoms in total. The first-order chi connectivity index (χ1) is 11.5. The van der Waals surface area contributed by atoms with Gasteiger partial charge in [0.1, 0.15) is 0 Å². The van der Waals surface area contributed by atoms with Gasteiger partial charge in [0.2, 0.25) is 11.8 Å². The van der Waals surface area contributed by atoms with Crippen LogP contribution < -0.4 is 10.6 Å². The fourth-order valence-electron chi connectivity index (χ4n) is 2.23. The van der Waals surface area contributed by atoms with E-state index in [-0.39, 0.29) is 11.8 Å². The average molecular weight is 342 g/mol. The van der Waals surface area contributed by atoms with Crippen LogP contribution in [0.25, 0.3) is 0 Å². The second-order valence-corrected chi connectivity index (χ2v) is 6.67. The monoisotopic (exact) mass is 342 g/mol. The Hall–Kier alpha value is -2.27. The van der Waals surface area contributed by atoms with Crippen molar-refractivity contribution in [2.24, 2.45) is 0 Å². The highest BCUT2D eigenvalue weighted by Crippen LogP contribution is 2.23. The SMILES string of the molecule is CC(=O)Nc1cccc(NC(=O)CSCc2ccc(C)cc2)c1C. The molecule has 0 atom stereocenters. The van der Waals surface area contributed by atoms with Crippen molar-refractivity contribution in [2.45, 2.75) is 26.5 Å². The van der Waals surface area contributed by atoms with Gasteiger partial charge in [-0.05, 0) is 37.1 Å². The Kier molecular flexibility index (Phi) is 6.44. The van der Waals surface area contributed by atoms with E-state index in [1.54, 1.807) is 11.8 Å². The molecule has 0 heterocycles. The number of benzene rings is 2. The summed E-state index contributed by atoms with van der Waals surface area (Å²) in [5.41, 5.74) is 4.73. The third-order valence-corrected chi connectivity index (χ3v) is 4.54. The second-order valence-electron chi connectivity index (χ2n) is 5.69. The minimum atomic E-state index is -0.129. The molecule has 2 rings (SSSR count). The zero-order valence-corrected chi connectivity index (χ0v) is 15.0. The molecule has 0 fully saturated rings. The van der Waals surface area contributed by atoms with Crippen molar-refractivity contribution in [3.8, 4) is 0 Å². The zero-order valence-electron chi connectivity index (χ0n) is 14.2. The summed E-state index contributed by atoms with van der Waals surface area (Å²) in [6.07, 6.45) is 0. The molecule has 24 heavy (non-hydrogen) atoms. The van der Waals surface area contributed by atoms with Gasteiger partial charge >= 0.3 is 0 Å². The molecule has 2 amide bonds. The lowest BCUT2D eigenvalue weighted by Crippen LogP contribution is -2.16. The largest absolute Gasteiger partial charge is 0.326 e. The van der Waals surface area contributed by atoms with Crippen LogP contribution in [0.5, 0.6) is 0 Å². The van der Waals surface area contributed by atoms with E-state index in [1.165, 1.54) is 18.1 Å². The minimum absolute atomic E-state index is 0.0461. The highest BCUT2D eigenvalue weighted by atomic mass is 32.2.